The van der Waals surface area contributed by atoms with Gasteiger partial charge in [0.1, 0.15) is 0 Å². The molecule has 0 unspecified atom stereocenters. The third-order valence-electron chi connectivity index (χ3n) is 5.95. The van der Waals surface area contributed by atoms with Crippen molar-refractivity contribution in [2.75, 3.05) is 4.90 Å². The average molecular weight is 378 g/mol. The minimum atomic E-state index is 0.0333. The van der Waals surface area contributed by atoms with Crippen LogP contribution < -0.4 is 4.90 Å². The number of fused-ring (bicyclic) bond motifs is 4. The van der Waals surface area contributed by atoms with Gasteiger partial charge < -0.3 is 0 Å². The number of rotatable bonds is 0. The number of para-hydroxylation sites is 2. The number of anilines is 3. The van der Waals surface area contributed by atoms with Crippen LogP contribution in [-0.4, -0.2) is 14.5 Å². The van der Waals surface area contributed by atoms with E-state index in [1.807, 2.05) is 0 Å². The molecule has 0 saturated heterocycles. The molecule has 2 aromatic carbocycles. The quantitative estimate of drug-likeness (QED) is 0.468. The van der Waals surface area contributed by atoms with Gasteiger partial charge in [-0.25, -0.2) is 0 Å². The van der Waals surface area contributed by atoms with Gasteiger partial charge in [-0.3, -0.25) is 0 Å². The van der Waals surface area contributed by atoms with Crippen LogP contribution in [0.5, 0.6) is 0 Å². The van der Waals surface area contributed by atoms with Gasteiger partial charge in [-0.15, -0.1) is 0 Å². The molecule has 0 spiro atoms. The number of hydrogen-bond donors (Lipinski definition) is 0. The van der Waals surface area contributed by atoms with E-state index in [2.05, 4.69) is 86.1 Å². The summed E-state index contributed by atoms with van der Waals surface area (Å²) in [4.78, 5) is 4.96. The Bertz CT molecular complexity index is 977. The summed E-state index contributed by atoms with van der Waals surface area (Å²) < 4.78 is 1.52. The van der Waals surface area contributed by atoms with E-state index in [9.17, 15) is 0 Å². The summed E-state index contributed by atoms with van der Waals surface area (Å²) in [5.41, 5.74) is 8.78. The fraction of sp³-hybridized carbons (Fsp3) is 0.273. The maximum atomic E-state index is 2.58. The van der Waals surface area contributed by atoms with Gasteiger partial charge in [0, 0.05) is 0 Å². The van der Waals surface area contributed by atoms with E-state index in [0.29, 0.717) is 14.5 Å². The van der Waals surface area contributed by atoms with Gasteiger partial charge in [0.2, 0.25) is 0 Å². The van der Waals surface area contributed by atoms with Gasteiger partial charge in [0.15, 0.2) is 0 Å². The van der Waals surface area contributed by atoms with Crippen LogP contribution in [0.1, 0.15) is 49.9 Å². The Morgan fingerprint density at radius 3 is 2.08 bits per heavy atom. The zero-order chi connectivity index (χ0) is 16.7. The average Bonchev–Trinajstić information content (AvgIpc) is 3.05. The molecule has 2 heteroatoms. The summed E-state index contributed by atoms with van der Waals surface area (Å²) in [6.07, 6.45) is 0. The van der Waals surface area contributed by atoms with E-state index in [4.69, 9.17) is 0 Å². The molecule has 24 heavy (non-hydrogen) atoms. The van der Waals surface area contributed by atoms with Gasteiger partial charge in [-0.1, -0.05) is 0 Å². The normalized spacial score (nSPS) is 18.6. The van der Waals surface area contributed by atoms with Crippen molar-refractivity contribution < 1.29 is 0 Å². The predicted molar refractivity (Wildman–Crippen MR) is 102 cm³/mol. The zero-order valence-electron chi connectivity index (χ0n) is 14.6. The van der Waals surface area contributed by atoms with Crippen LogP contribution in [-0.2, 0) is 10.8 Å². The molecule has 0 fully saturated rings. The molecule has 2 aliphatic rings. The Morgan fingerprint density at radius 2 is 1.33 bits per heavy atom. The summed E-state index contributed by atoms with van der Waals surface area (Å²) in [5.74, 6) is 0. The Balaban J connectivity index is 1.97. The van der Waals surface area contributed by atoms with Crippen molar-refractivity contribution in [3.05, 3.63) is 75.7 Å². The molecule has 3 aromatic rings. The SMILES string of the molecule is CC1(C)c2ccccc2N2c3[se]ccc3C(C)(C)c3cccc1c32. The van der Waals surface area contributed by atoms with Crippen molar-refractivity contribution >= 4 is 30.4 Å². The second-order valence-electron chi connectivity index (χ2n) is 7.94. The van der Waals surface area contributed by atoms with Gasteiger partial charge >= 0.3 is 150 Å². The second-order valence-corrected chi connectivity index (χ2v) is 9.82. The van der Waals surface area contributed by atoms with E-state index in [1.54, 1.807) is 0 Å². The topological polar surface area (TPSA) is 3.24 Å². The van der Waals surface area contributed by atoms with Crippen LogP contribution in [0, 0.1) is 0 Å². The molecule has 0 atom stereocenters. The zero-order valence-corrected chi connectivity index (χ0v) is 16.3. The van der Waals surface area contributed by atoms with E-state index in [-0.39, 0.29) is 10.8 Å². The van der Waals surface area contributed by atoms with Gasteiger partial charge in [-0.2, -0.15) is 0 Å². The first-order valence-electron chi connectivity index (χ1n) is 8.55. The Morgan fingerprint density at radius 1 is 0.708 bits per heavy atom. The van der Waals surface area contributed by atoms with Crippen LogP contribution in [0.4, 0.5) is 15.9 Å². The van der Waals surface area contributed by atoms with Gasteiger partial charge in [0.25, 0.3) is 0 Å². The second kappa shape index (κ2) is 4.45. The van der Waals surface area contributed by atoms with Crippen LogP contribution in [0.15, 0.2) is 53.5 Å². The molecule has 1 aromatic heterocycles. The number of hydrogen-bond acceptors (Lipinski definition) is 1. The van der Waals surface area contributed by atoms with E-state index >= 15 is 0 Å². The molecule has 0 radical (unpaired) electrons. The predicted octanol–water partition coefficient (Wildman–Crippen LogP) is 5.49. The Labute approximate surface area is 149 Å². The van der Waals surface area contributed by atoms with Crippen molar-refractivity contribution in [3.63, 3.8) is 0 Å². The molecular weight excluding hydrogens is 357 g/mol. The monoisotopic (exact) mass is 379 g/mol. The van der Waals surface area contributed by atoms with E-state index < -0.39 is 0 Å². The van der Waals surface area contributed by atoms with Crippen LogP contribution in [0.25, 0.3) is 0 Å². The summed E-state index contributed by atoms with van der Waals surface area (Å²) in [7, 11) is 0. The van der Waals surface area contributed by atoms with Crippen LogP contribution >= 0.6 is 0 Å². The summed E-state index contributed by atoms with van der Waals surface area (Å²) in [5, 5.41) is 0. The minimum absolute atomic E-state index is 0.0333. The first-order valence-corrected chi connectivity index (χ1v) is 10.4. The molecule has 1 nitrogen and oxygen atoms in total. The maximum absolute atomic E-state index is 2.58. The summed E-state index contributed by atoms with van der Waals surface area (Å²) in [6.45, 7) is 9.50. The molecule has 0 N–H and O–H groups in total. The first kappa shape index (κ1) is 14.6. The van der Waals surface area contributed by atoms with Crippen molar-refractivity contribution in [3.8, 4) is 0 Å². The van der Waals surface area contributed by atoms with Gasteiger partial charge in [-0.05, 0) is 0 Å². The van der Waals surface area contributed by atoms with Crippen LogP contribution in [0.3, 0.4) is 0 Å². The third kappa shape index (κ3) is 1.56. The standard InChI is InChI=1S/C22H21NSe/c1-21(2)14-8-5-6-11-18(14)23-19-15(21)9-7-10-16(19)22(3,4)17-12-13-24-20(17)23/h5-13H,1-4H3. The molecule has 0 saturated carbocycles. The summed E-state index contributed by atoms with van der Waals surface area (Å²) in [6, 6.07) is 18.2. The Kier molecular flexibility index (Phi) is 2.70. The molecule has 5 rings (SSSR count). The van der Waals surface area contributed by atoms with Gasteiger partial charge in [0.05, 0.1) is 0 Å². The third-order valence-corrected chi connectivity index (χ3v) is 7.83. The molecule has 120 valence electrons. The van der Waals surface area contributed by atoms with Crippen molar-refractivity contribution in [2.24, 2.45) is 0 Å². The van der Waals surface area contributed by atoms with Crippen molar-refractivity contribution in [2.45, 2.75) is 38.5 Å². The Hall–Kier alpha value is -1.76. The van der Waals surface area contributed by atoms with E-state index in [1.165, 1.54) is 38.2 Å². The first-order chi connectivity index (χ1) is 11.4. The van der Waals surface area contributed by atoms with E-state index in [0.717, 1.165) is 0 Å². The fourth-order valence-electron chi connectivity index (χ4n) is 4.56. The number of benzene rings is 2. The molecule has 0 bridgehead atoms. The van der Waals surface area contributed by atoms with Crippen molar-refractivity contribution in [1.82, 2.24) is 0 Å². The molecular formula is C22H21NSe. The number of nitrogens with zero attached hydrogens (tertiary/aromatic N) is 1. The molecule has 2 aliphatic heterocycles. The fourth-order valence-corrected chi connectivity index (χ4v) is 6.82. The van der Waals surface area contributed by atoms with Crippen LogP contribution in [0.2, 0.25) is 0 Å². The summed E-state index contributed by atoms with van der Waals surface area (Å²) >= 11 is 0.409. The van der Waals surface area contributed by atoms with Crippen molar-refractivity contribution in [1.29, 1.82) is 0 Å². The molecule has 3 heterocycles. The molecule has 0 aliphatic carbocycles. The molecule has 0 amide bonds.